The summed E-state index contributed by atoms with van der Waals surface area (Å²) in [4.78, 5) is 10.5. The van der Waals surface area contributed by atoms with Crippen LogP contribution in [-0.2, 0) is 11.4 Å². The zero-order chi connectivity index (χ0) is 18.5. The molecule has 0 aliphatic heterocycles. The molecule has 2 N–H and O–H groups in total. The van der Waals surface area contributed by atoms with Gasteiger partial charge in [0.1, 0.15) is 33.8 Å². The standard InChI is InChI=1S/C16H23FN2O4S/c1-10(9-18-15(20)21)23-14-7-6-12(17)8-13(14)11(2)19-24(22)16(3,4)5/h6-8,10,18H,9H2,1-5H3,(H,20,21)/b19-11+/t10-,24+/m0/s1. The first kappa shape index (κ1) is 20.2. The summed E-state index contributed by atoms with van der Waals surface area (Å²) in [6.45, 7) is 8.78. The van der Waals surface area contributed by atoms with Gasteiger partial charge in [-0.2, -0.15) is 0 Å². The van der Waals surface area contributed by atoms with Crippen LogP contribution in [0.15, 0.2) is 22.6 Å². The Hall–Kier alpha value is -1.80. The number of amides is 1. The maximum atomic E-state index is 13.6. The van der Waals surface area contributed by atoms with Crippen molar-refractivity contribution in [3.05, 3.63) is 29.6 Å². The van der Waals surface area contributed by atoms with Crippen LogP contribution in [0.2, 0.25) is 0 Å². The van der Waals surface area contributed by atoms with E-state index in [1.165, 1.54) is 18.2 Å². The number of hydrogen-bond donors (Lipinski definition) is 2. The van der Waals surface area contributed by atoms with Gasteiger partial charge in [0, 0.05) is 5.56 Å². The summed E-state index contributed by atoms with van der Waals surface area (Å²) in [5.41, 5.74) is 0.769. The van der Waals surface area contributed by atoms with Gasteiger partial charge in [-0.1, -0.05) is 4.40 Å². The summed E-state index contributed by atoms with van der Waals surface area (Å²) in [7, 11) is 0. The van der Waals surface area contributed by atoms with Crippen LogP contribution in [0.25, 0.3) is 0 Å². The summed E-state index contributed by atoms with van der Waals surface area (Å²) in [6.07, 6.45) is -1.62. The molecule has 0 unspecified atom stereocenters. The van der Waals surface area contributed by atoms with Crippen LogP contribution in [-0.4, -0.2) is 38.9 Å². The van der Waals surface area contributed by atoms with Crippen molar-refractivity contribution in [2.75, 3.05) is 6.54 Å². The lowest BCUT2D eigenvalue weighted by Gasteiger charge is -2.20. The van der Waals surface area contributed by atoms with E-state index in [1.54, 1.807) is 34.6 Å². The molecule has 2 atom stereocenters. The molecule has 0 fully saturated rings. The van der Waals surface area contributed by atoms with Gasteiger partial charge in [-0.3, -0.25) is 0 Å². The van der Waals surface area contributed by atoms with E-state index in [0.29, 0.717) is 17.0 Å². The van der Waals surface area contributed by atoms with Crippen molar-refractivity contribution < 1.29 is 23.6 Å². The fourth-order valence-electron chi connectivity index (χ4n) is 1.69. The molecule has 1 amide bonds. The van der Waals surface area contributed by atoms with Crippen LogP contribution in [0.3, 0.4) is 0 Å². The summed E-state index contributed by atoms with van der Waals surface area (Å²) in [5, 5.41) is 10.8. The van der Waals surface area contributed by atoms with Crippen molar-refractivity contribution in [3.8, 4) is 5.75 Å². The summed E-state index contributed by atoms with van der Waals surface area (Å²) in [6, 6.07) is 3.94. The number of carbonyl (C=O) groups is 1. The SMILES string of the molecule is C/C(=N\[S@+]([O-])C(C)(C)C)c1cc(F)ccc1O[C@@H](C)CNC(=O)O. The number of nitrogens with one attached hydrogen (secondary N) is 1. The number of halogens is 1. The molecule has 0 radical (unpaired) electrons. The molecule has 1 rings (SSSR count). The fourth-order valence-corrected chi connectivity index (χ4v) is 2.31. The van der Waals surface area contributed by atoms with Crippen LogP contribution in [0.4, 0.5) is 9.18 Å². The van der Waals surface area contributed by atoms with Crippen molar-refractivity contribution >= 4 is 23.2 Å². The minimum Gasteiger partial charge on any atom is -0.591 e. The van der Waals surface area contributed by atoms with Gasteiger partial charge in [-0.15, -0.1) is 0 Å². The van der Waals surface area contributed by atoms with E-state index < -0.39 is 34.1 Å². The summed E-state index contributed by atoms with van der Waals surface area (Å²) < 4.78 is 35.0. The van der Waals surface area contributed by atoms with E-state index in [2.05, 4.69) is 9.71 Å². The molecule has 1 aromatic carbocycles. The normalized spacial score (nSPS) is 14.9. The Labute approximate surface area is 144 Å². The quantitative estimate of drug-likeness (QED) is 0.603. The molecule has 8 heteroatoms. The second kappa shape index (κ2) is 8.34. The van der Waals surface area contributed by atoms with Crippen molar-refractivity contribution in [1.29, 1.82) is 0 Å². The van der Waals surface area contributed by atoms with Gasteiger partial charge in [0.2, 0.25) is 0 Å². The highest BCUT2D eigenvalue weighted by molar-refractivity contribution is 7.91. The number of ether oxygens (including phenoxy) is 1. The topological polar surface area (TPSA) is 94.0 Å². The van der Waals surface area contributed by atoms with E-state index in [-0.39, 0.29) is 6.54 Å². The van der Waals surface area contributed by atoms with Gasteiger partial charge in [0.05, 0.1) is 12.3 Å². The molecule has 24 heavy (non-hydrogen) atoms. The molecular weight excluding hydrogens is 335 g/mol. The van der Waals surface area contributed by atoms with E-state index in [4.69, 9.17) is 9.84 Å². The Morgan fingerprint density at radius 2 is 2.12 bits per heavy atom. The predicted molar refractivity (Wildman–Crippen MR) is 92.6 cm³/mol. The molecule has 0 saturated carbocycles. The molecule has 0 saturated heterocycles. The average Bonchev–Trinajstić information content (AvgIpc) is 2.45. The molecule has 0 aliphatic carbocycles. The second-order valence-electron chi connectivity index (χ2n) is 6.29. The van der Waals surface area contributed by atoms with E-state index in [9.17, 15) is 13.7 Å². The number of benzene rings is 1. The van der Waals surface area contributed by atoms with Gasteiger partial charge in [-0.25, -0.2) is 9.18 Å². The lowest BCUT2D eigenvalue weighted by molar-refractivity contribution is 0.178. The molecule has 134 valence electrons. The van der Waals surface area contributed by atoms with Gasteiger partial charge >= 0.3 is 6.09 Å². The van der Waals surface area contributed by atoms with Crippen molar-refractivity contribution in [3.63, 3.8) is 0 Å². The summed E-state index contributed by atoms with van der Waals surface area (Å²) >= 11 is -1.49. The summed E-state index contributed by atoms with van der Waals surface area (Å²) in [5.74, 6) is -0.118. The van der Waals surface area contributed by atoms with Gasteiger partial charge < -0.3 is 19.7 Å². The third kappa shape index (κ3) is 6.37. The molecule has 6 nitrogen and oxygen atoms in total. The van der Waals surface area contributed by atoms with E-state index in [0.717, 1.165) is 0 Å². The molecule has 0 bridgehead atoms. The molecular formula is C16H23FN2O4S. The van der Waals surface area contributed by atoms with Crippen molar-refractivity contribution in [1.82, 2.24) is 5.32 Å². The number of nitrogens with zero attached hydrogens (tertiary/aromatic N) is 1. The maximum absolute atomic E-state index is 13.6. The minimum atomic E-state index is -1.49. The van der Waals surface area contributed by atoms with Crippen LogP contribution < -0.4 is 10.1 Å². The lowest BCUT2D eigenvalue weighted by Crippen LogP contribution is -2.32. The third-order valence-electron chi connectivity index (χ3n) is 2.94. The maximum Gasteiger partial charge on any atom is 0.404 e. The van der Waals surface area contributed by atoms with Gasteiger partial charge in [0.25, 0.3) is 0 Å². The molecule has 0 heterocycles. The highest BCUT2D eigenvalue weighted by Crippen LogP contribution is 2.24. The Bertz CT molecular complexity index is 617. The first-order chi connectivity index (χ1) is 11.0. The first-order valence-corrected chi connectivity index (χ1v) is 8.52. The van der Waals surface area contributed by atoms with E-state index >= 15 is 0 Å². The Morgan fingerprint density at radius 3 is 2.67 bits per heavy atom. The molecule has 0 aliphatic rings. The Morgan fingerprint density at radius 1 is 1.50 bits per heavy atom. The van der Waals surface area contributed by atoms with Crippen LogP contribution in [0, 0.1) is 5.82 Å². The second-order valence-corrected chi connectivity index (χ2v) is 8.20. The van der Waals surface area contributed by atoms with Crippen molar-refractivity contribution in [2.45, 2.75) is 45.5 Å². The fraction of sp³-hybridized carbons (Fsp3) is 0.500. The molecule has 0 aromatic heterocycles. The Balaban J connectivity index is 3.04. The zero-order valence-corrected chi connectivity index (χ0v) is 15.2. The minimum absolute atomic E-state index is 0.0796. The zero-order valence-electron chi connectivity index (χ0n) is 14.4. The largest absolute Gasteiger partial charge is 0.591 e. The number of carboxylic acid groups (broad SMARTS) is 1. The van der Waals surface area contributed by atoms with E-state index in [1.807, 2.05) is 0 Å². The van der Waals surface area contributed by atoms with Gasteiger partial charge in [-0.05, 0) is 52.8 Å². The number of rotatable bonds is 6. The van der Waals surface area contributed by atoms with Crippen LogP contribution in [0.5, 0.6) is 5.75 Å². The molecule has 1 aromatic rings. The van der Waals surface area contributed by atoms with Crippen LogP contribution in [0.1, 0.15) is 40.2 Å². The smallest absolute Gasteiger partial charge is 0.404 e. The first-order valence-electron chi connectivity index (χ1n) is 7.41. The highest BCUT2D eigenvalue weighted by Gasteiger charge is 2.27. The monoisotopic (exact) mass is 358 g/mol. The predicted octanol–water partition coefficient (Wildman–Crippen LogP) is 3.13. The lowest BCUT2D eigenvalue weighted by atomic mass is 10.1. The van der Waals surface area contributed by atoms with Crippen molar-refractivity contribution in [2.24, 2.45) is 4.40 Å². The third-order valence-corrected chi connectivity index (χ3v) is 4.43. The number of hydrogen-bond acceptors (Lipinski definition) is 4. The Kier molecular flexibility index (Phi) is 7.04. The van der Waals surface area contributed by atoms with Gasteiger partial charge in [0.15, 0.2) is 0 Å². The highest BCUT2D eigenvalue weighted by atomic mass is 32.2. The van der Waals surface area contributed by atoms with Crippen LogP contribution >= 0.6 is 0 Å². The average molecular weight is 358 g/mol. The molecule has 0 spiro atoms.